The first-order chi connectivity index (χ1) is 8.26. The Morgan fingerprint density at radius 3 is 2.76 bits per heavy atom. The topological polar surface area (TPSA) is 64.7 Å². The standard InChI is InChI=1S/C13H21NO3/c1-16-12-5-2-6-13(10-12)17-9-7-11(15)4-3-8-14/h2,5-6,10-11,15H,3-4,7-9,14H2,1H3. The Kier molecular flexibility index (Phi) is 6.43. The zero-order valence-corrected chi connectivity index (χ0v) is 10.3. The van der Waals surface area contributed by atoms with Gasteiger partial charge >= 0.3 is 0 Å². The van der Waals surface area contributed by atoms with E-state index >= 15 is 0 Å². The van der Waals surface area contributed by atoms with E-state index in [0.717, 1.165) is 24.3 Å². The molecular formula is C13H21NO3. The van der Waals surface area contributed by atoms with Crippen LogP contribution >= 0.6 is 0 Å². The highest BCUT2D eigenvalue weighted by Gasteiger charge is 2.04. The van der Waals surface area contributed by atoms with Crippen LogP contribution in [0.4, 0.5) is 0 Å². The Bertz CT molecular complexity index is 317. The van der Waals surface area contributed by atoms with E-state index < -0.39 is 0 Å². The number of benzene rings is 1. The van der Waals surface area contributed by atoms with Crippen molar-refractivity contribution in [1.29, 1.82) is 0 Å². The summed E-state index contributed by atoms with van der Waals surface area (Å²) >= 11 is 0. The van der Waals surface area contributed by atoms with E-state index in [1.807, 2.05) is 24.3 Å². The van der Waals surface area contributed by atoms with Crippen LogP contribution < -0.4 is 15.2 Å². The maximum absolute atomic E-state index is 9.60. The molecule has 1 rings (SSSR count). The highest BCUT2D eigenvalue weighted by atomic mass is 16.5. The average Bonchev–Trinajstić information content (AvgIpc) is 2.36. The van der Waals surface area contributed by atoms with E-state index in [4.69, 9.17) is 15.2 Å². The average molecular weight is 239 g/mol. The number of methoxy groups -OCH3 is 1. The third-order valence-corrected chi connectivity index (χ3v) is 2.50. The van der Waals surface area contributed by atoms with Gasteiger partial charge in [-0.2, -0.15) is 0 Å². The molecule has 17 heavy (non-hydrogen) atoms. The maximum atomic E-state index is 9.60. The molecule has 0 saturated carbocycles. The van der Waals surface area contributed by atoms with Crippen LogP contribution in [0.25, 0.3) is 0 Å². The van der Waals surface area contributed by atoms with Gasteiger partial charge in [0.25, 0.3) is 0 Å². The lowest BCUT2D eigenvalue weighted by Gasteiger charge is -2.11. The molecule has 0 heterocycles. The van der Waals surface area contributed by atoms with Gasteiger partial charge in [-0.05, 0) is 31.5 Å². The van der Waals surface area contributed by atoms with Crippen LogP contribution in [-0.2, 0) is 0 Å². The Hall–Kier alpha value is -1.26. The summed E-state index contributed by atoms with van der Waals surface area (Å²) in [5, 5.41) is 9.60. The molecular weight excluding hydrogens is 218 g/mol. The van der Waals surface area contributed by atoms with Gasteiger partial charge in [0.15, 0.2) is 0 Å². The molecule has 4 nitrogen and oxygen atoms in total. The molecule has 1 unspecified atom stereocenters. The van der Waals surface area contributed by atoms with Gasteiger partial charge in [0.1, 0.15) is 11.5 Å². The Morgan fingerprint density at radius 1 is 1.29 bits per heavy atom. The number of aliphatic hydroxyl groups excluding tert-OH is 1. The number of aliphatic hydroxyl groups is 1. The van der Waals surface area contributed by atoms with Gasteiger partial charge in [0, 0.05) is 12.5 Å². The van der Waals surface area contributed by atoms with Crippen LogP contribution in [0.15, 0.2) is 24.3 Å². The molecule has 0 bridgehead atoms. The molecule has 0 amide bonds. The van der Waals surface area contributed by atoms with E-state index in [1.165, 1.54) is 0 Å². The molecule has 96 valence electrons. The number of rotatable bonds is 8. The van der Waals surface area contributed by atoms with E-state index in [1.54, 1.807) is 7.11 Å². The third-order valence-electron chi connectivity index (χ3n) is 2.50. The van der Waals surface area contributed by atoms with E-state index in [-0.39, 0.29) is 6.10 Å². The first-order valence-corrected chi connectivity index (χ1v) is 5.91. The molecule has 0 aliphatic rings. The predicted octanol–water partition coefficient (Wildman–Crippen LogP) is 1.56. The van der Waals surface area contributed by atoms with Crippen molar-refractivity contribution in [3.8, 4) is 11.5 Å². The SMILES string of the molecule is COc1cccc(OCCC(O)CCCN)c1. The molecule has 3 N–H and O–H groups in total. The highest BCUT2D eigenvalue weighted by molar-refractivity contribution is 5.32. The number of hydrogen-bond acceptors (Lipinski definition) is 4. The van der Waals surface area contributed by atoms with Crippen molar-refractivity contribution in [1.82, 2.24) is 0 Å². The first-order valence-electron chi connectivity index (χ1n) is 5.91. The Balaban J connectivity index is 2.25. The molecule has 0 radical (unpaired) electrons. The fourth-order valence-corrected chi connectivity index (χ4v) is 1.50. The fourth-order valence-electron chi connectivity index (χ4n) is 1.50. The Morgan fingerprint density at radius 2 is 2.06 bits per heavy atom. The summed E-state index contributed by atoms with van der Waals surface area (Å²) in [7, 11) is 1.62. The van der Waals surface area contributed by atoms with Crippen LogP contribution in [0.3, 0.4) is 0 Å². The van der Waals surface area contributed by atoms with Gasteiger partial charge in [-0.3, -0.25) is 0 Å². The smallest absolute Gasteiger partial charge is 0.122 e. The minimum absolute atomic E-state index is 0.329. The summed E-state index contributed by atoms with van der Waals surface area (Å²) in [6.07, 6.45) is 1.87. The van der Waals surface area contributed by atoms with Crippen molar-refractivity contribution >= 4 is 0 Å². The van der Waals surface area contributed by atoms with Gasteiger partial charge in [-0.1, -0.05) is 6.07 Å². The third kappa shape index (κ3) is 5.56. The minimum Gasteiger partial charge on any atom is -0.497 e. The van der Waals surface area contributed by atoms with Crippen LogP contribution in [0, 0.1) is 0 Å². The van der Waals surface area contributed by atoms with Crippen LogP contribution in [-0.4, -0.2) is 31.5 Å². The first kappa shape index (κ1) is 13.8. The van der Waals surface area contributed by atoms with Crippen molar-refractivity contribution < 1.29 is 14.6 Å². The predicted molar refractivity (Wildman–Crippen MR) is 67.4 cm³/mol. The second-order valence-electron chi connectivity index (χ2n) is 3.90. The van der Waals surface area contributed by atoms with Gasteiger partial charge < -0.3 is 20.3 Å². The van der Waals surface area contributed by atoms with Crippen LogP contribution in [0.2, 0.25) is 0 Å². The van der Waals surface area contributed by atoms with E-state index in [9.17, 15) is 5.11 Å². The molecule has 0 aromatic heterocycles. The minimum atomic E-state index is -0.329. The lowest BCUT2D eigenvalue weighted by atomic mass is 10.1. The zero-order chi connectivity index (χ0) is 12.5. The van der Waals surface area contributed by atoms with E-state index in [0.29, 0.717) is 19.6 Å². The molecule has 1 aromatic rings. The monoisotopic (exact) mass is 239 g/mol. The largest absolute Gasteiger partial charge is 0.497 e. The van der Waals surface area contributed by atoms with Crippen molar-refractivity contribution in [2.45, 2.75) is 25.4 Å². The molecule has 0 aliphatic heterocycles. The number of hydrogen-bond donors (Lipinski definition) is 2. The maximum Gasteiger partial charge on any atom is 0.122 e. The number of ether oxygens (including phenoxy) is 2. The quantitative estimate of drug-likeness (QED) is 0.722. The second kappa shape index (κ2) is 7.92. The summed E-state index contributed by atoms with van der Waals surface area (Å²) in [6.45, 7) is 1.12. The molecule has 0 aliphatic carbocycles. The zero-order valence-electron chi connectivity index (χ0n) is 10.3. The summed E-state index contributed by atoms with van der Waals surface area (Å²) in [6, 6.07) is 7.43. The number of nitrogens with two attached hydrogens (primary N) is 1. The summed E-state index contributed by atoms with van der Waals surface area (Å²) in [4.78, 5) is 0. The van der Waals surface area contributed by atoms with Crippen molar-refractivity contribution in [2.24, 2.45) is 5.73 Å². The normalized spacial score (nSPS) is 12.2. The second-order valence-corrected chi connectivity index (χ2v) is 3.90. The molecule has 0 spiro atoms. The summed E-state index contributed by atoms with van der Waals surface area (Å²) in [5.41, 5.74) is 5.37. The molecule has 4 heteroatoms. The van der Waals surface area contributed by atoms with Crippen LogP contribution in [0.5, 0.6) is 11.5 Å². The van der Waals surface area contributed by atoms with Gasteiger partial charge in [-0.25, -0.2) is 0 Å². The molecule has 1 aromatic carbocycles. The molecule has 0 saturated heterocycles. The van der Waals surface area contributed by atoms with Gasteiger partial charge in [0.05, 0.1) is 19.8 Å². The molecule has 0 fully saturated rings. The van der Waals surface area contributed by atoms with Crippen molar-refractivity contribution in [2.75, 3.05) is 20.3 Å². The lowest BCUT2D eigenvalue weighted by Crippen LogP contribution is -2.13. The van der Waals surface area contributed by atoms with Crippen LogP contribution in [0.1, 0.15) is 19.3 Å². The summed E-state index contributed by atoms with van der Waals surface area (Å²) < 4.78 is 10.6. The Labute approximate surface area is 102 Å². The highest BCUT2D eigenvalue weighted by Crippen LogP contribution is 2.19. The molecule has 1 atom stereocenters. The van der Waals surface area contributed by atoms with Crippen molar-refractivity contribution in [3.63, 3.8) is 0 Å². The van der Waals surface area contributed by atoms with E-state index in [2.05, 4.69) is 0 Å². The van der Waals surface area contributed by atoms with Gasteiger partial charge in [-0.15, -0.1) is 0 Å². The lowest BCUT2D eigenvalue weighted by molar-refractivity contribution is 0.129. The van der Waals surface area contributed by atoms with Gasteiger partial charge in [0.2, 0.25) is 0 Å². The summed E-state index contributed by atoms with van der Waals surface area (Å²) in [5.74, 6) is 1.53. The van der Waals surface area contributed by atoms with Crippen molar-refractivity contribution in [3.05, 3.63) is 24.3 Å². The fraction of sp³-hybridized carbons (Fsp3) is 0.538.